The first-order valence-corrected chi connectivity index (χ1v) is 6.18. The van der Waals surface area contributed by atoms with E-state index in [2.05, 4.69) is 15.5 Å². The molecule has 1 aromatic rings. The second kappa shape index (κ2) is 4.46. The van der Waals surface area contributed by atoms with Crippen molar-refractivity contribution in [2.45, 2.75) is 57.5 Å². The van der Waals surface area contributed by atoms with Gasteiger partial charge < -0.3 is 10.1 Å². The molecule has 0 spiro atoms. The van der Waals surface area contributed by atoms with E-state index in [-0.39, 0.29) is 5.54 Å². The van der Waals surface area contributed by atoms with Gasteiger partial charge in [0.15, 0.2) is 6.17 Å². The maximum absolute atomic E-state index is 14.4. The van der Waals surface area contributed by atoms with E-state index in [1.165, 1.54) is 0 Å². The number of halogens is 1. The summed E-state index contributed by atoms with van der Waals surface area (Å²) in [5.74, 6) is 0.374. The average molecular weight is 253 g/mol. The molecule has 1 fully saturated rings. The molecular weight excluding hydrogens is 233 g/mol. The van der Waals surface area contributed by atoms with Crippen molar-refractivity contribution < 1.29 is 9.13 Å². The molecule has 1 aliphatic rings. The Morgan fingerprint density at radius 1 is 1.39 bits per heavy atom. The van der Waals surface area contributed by atoms with E-state index in [1.54, 1.807) is 18.3 Å². The quantitative estimate of drug-likeness (QED) is 0.877. The first kappa shape index (κ1) is 13.2. The third-order valence-electron chi connectivity index (χ3n) is 3.21. The fraction of sp³-hybridized carbons (Fsp3) is 0.692. The number of nitrogens with zero attached hydrogens (tertiary/aromatic N) is 2. The lowest BCUT2D eigenvalue weighted by Crippen LogP contribution is -2.66. The number of hydrogen-bond donors (Lipinski definition) is 1. The van der Waals surface area contributed by atoms with Gasteiger partial charge in [0.2, 0.25) is 5.88 Å². The summed E-state index contributed by atoms with van der Waals surface area (Å²) in [5, 5.41) is 10.9. The second-order valence-electron chi connectivity index (χ2n) is 6.05. The summed E-state index contributed by atoms with van der Waals surface area (Å²) >= 11 is 0. The summed E-state index contributed by atoms with van der Waals surface area (Å²) in [7, 11) is 0. The summed E-state index contributed by atoms with van der Waals surface area (Å²) in [6, 6.07) is 3.43. The van der Waals surface area contributed by atoms with Crippen LogP contribution in [-0.4, -0.2) is 33.6 Å². The van der Waals surface area contributed by atoms with Crippen LogP contribution >= 0.6 is 0 Å². The molecule has 0 radical (unpaired) electrons. The summed E-state index contributed by atoms with van der Waals surface area (Å²) in [5.41, 5.74) is -0.784. The molecule has 0 bridgehead atoms. The van der Waals surface area contributed by atoms with Gasteiger partial charge in [-0.3, -0.25) is 0 Å². The Labute approximate surface area is 107 Å². The SMILES string of the molecule is CC1(C)CC(Oc2cccnn2)C(F)C(C)(C)N1. The lowest BCUT2D eigenvalue weighted by molar-refractivity contribution is -0.0281. The molecule has 2 unspecified atom stereocenters. The van der Waals surface area contributed by atoms with Gasteiger partial charge in [-0.05, 0) is 33.8 Å². The zero-order valence-electron chi connectivity index (χ0n) is 11.3. The van der Waals surface area contributed by atoms with Crippen LogP contribution in [-0.2, 0) is 0 Å². The predicted octanol–water partition coefficient (Wildman–Crippen LogP) is 2.11. The van der Waals surface area contributed by atoms with E-state index in [9.17, 15) is 4.39 Å². The standard InChI is InChI=1S/C13H20FN3O/c1-12(2)8-9(11(14)13(3,4)17-12)18-10-6-5-7-15-16-10/h5-7,9,11,17H,8H2,1-4H3. The monoisotopic (exact) mass is 253 g/mol. The number of hydrogen-bond acceptors (Lipinski definition) is 4. The Bertz CT molecular complexity index is 408. The van der Waals surface area contributed by atoms with Gasteiger partial charge in [0.25, 0.3) is 0 Å². The van der Waals surface area contributed by atoms with Crippen LogP contribution in [0.15, 0.2) is 18.3 Å². The highest BCUT2D eigenvalue weighted by molar-refractivity contribution is 5.10. The second-order valence-corrected chi connectivity index (χ2v) is 6.05. The lowest BCUT2D eigenvalue weighted by Gasteiger charge is -2.48. The number of aromatic nitrogens is 2. The zero-order chi connectivity index (χ0) is 13.4. The van der Waals surface area contributed by atoms with Gasteiger partial charge in [0.1, 0.15) is 6.10 Å². The topological polar surface area (TPSA) is 47.0 Å². The molecule has 1 N–H and O–H groups in total. The van der Waals surface area contributed by atoms with Gasteiger partial charge >= 0.3 is 0 Å². The third kappa shape index (κ3) is 2.77. The van der Waals surface area contributed by atoms with Crippen molar-refractivity contribution in [1.29, 1.82) is 0 Å². The third-order valence-corrected chi connectivity index (χ3v) is 3.21. The molecule has 18 heavy (non-hydrogen) atoms. The first-order chi connectivity index (χ1) is 8.30. The minimum Gasteiger partial charge on any atom is -0.470 e. The van der Waals surface area contributed by atoms with E-state index < -0.39 is 17.8 Å². The molecule has 5 heteroatoms. The number of alkyl halides is 1. The lowest BCUT2D eigenvalue weighted by atomic mass is 9.79. The number of nitrogens with one attached hydrogen (secondary N) is 1. The van der Waals surface area contributed by atoms with Crippen LogP contribution < -0.4 is 10.1 Å². The predicted molar refractivity (Wildman–Crippen MR) is 67.3 cm³/mol. The minimum atomic E-state index is -1.09. The highest BCUT2D eigenvalue weighted by Gasteiger charge is 2.47. The van der Waals surface area contributed by atoms with Gasteiger partial charge in [-0.25, -0.2) is 4.39 Å². The fourth-order valence-corrected chi connectivity index (χ4v) is 2.67. The minimum absolute atomic E-state index is 0.168. The van der Waals surface area contributed by atoms with E-state index >= 15 is 0 Å². The van der Waals surface area contributed by atoms with Gasteiger partial charge in [0, 0.05) is 29.8 Å². The van der Waals surface area contributed by atoms with Gasteiger partial charge in [-0.1, -0.05) is 0 Å². The Morgan fingerprint density at radius 2 is 2.11 bits per heavy atom. The first-order valence-electron chi connectivity index (χ1n) is 6.18. The Balaban J connectivity index is 2.16. The summed E-state index contributed by atoms with van der Waals surface area (Å²) in [6.07, 6.45) is 0.560. The molecule has 2 atom stereocenters. The van der Waals surface area contributed by atoms with Crippen LogP contribution in [0.3, 0.4) is 0 Å². The van der Waals surface area contributed by atoms with Crippen LogP contribution in [0.1, 0.15) is 34.1 Å². The molecular formula is C13H20FN3O. The molecule has 1 aromatic heterocycles. The summed E-state index contributed by atoms with van der Waals surface area (Å²) in [4.78, 5) is 0. The Kier molecular flexibility index (Phi) is 3.27. The number of rotatable bonds is 2. The molecule has 100 valence electrons. The molecule has 0 aliphatic carbocycles. The smallest absolute Gasteiger partial charge is 0.233 e. The normalized spacial score (nSPS) is 29.8. The highest BCUT2D eigenvalue weighted by Crippen LogP contribution is 2.33. The van der Waals surface area contributed by atoms with E-state index in [0.29, 0.717) is 12.3 Å². The van der Waals surface area contributed by atoms with Crippen molar-refractivity contribution in [2.24, 2.45) is 0 Å². The van der Waals surface area contributed by atoms with E-state index in [0.717, 1.165) is 0 Å². The van der Waals surface area contributed by atoms with Crippen molar-refractivity contribution in [3.05, 3.63) is 18.3 Å². The highest BCUT2D eigenvalue weighted by atomic mass is 19.1. The fourth-order valence-electron chi connectivity index (χ4n) is 2.67. The molecule has 2 rings (SSSR count). The van der Waals surface area contributed by atoms with Crippen LogP contribution in [0.25, 0.3) is 0 Å². The van der Waals surface area contributed by atoms with Crippen molar-refractivity contribution in [3.63, 3.8) is 0 Å². The van der Waals surface area contributed by atoms with E-state index in [4.69, 9.17) is 4.74 Å². The van der Waals surface area contributed by atoms with Crippen molar-refractivity contribution in [2.75, 3.05) is 0 Å². The Hall–Kier alpha value is -1.23. The molecule has 1 saturated heterocycles. The van der Waals surface area contributed by atoms with Crippen molar-refractivity contribution >= 4 is 0 Å². The molecule has 0 aromatic carbocycles. The number of ether oxygens (including phenoxy) is 1. The van der Waals surface area contributed by atoms with E-state index in [1.807, 2.05) is 27.7 Å². The van der Waals surface area contributed by atoms with Crippen molar-refractivity contribution in [3.8, 4) is 5.88 Å². The van der Waals surface area contributed by atoms with Crippen LogP contribution in [0.2, 0.25) is 0 Å². The maximum atomic E-state index is 14.4. The van der Waals surface area contributed by atoms with Crippen molar-refractivity contribution in [1.82, 2.24) is 15.5 Å². The summed E-state index contributed by atoms with van der Waals surface area (Å²) < 4.78 is 20.1. The Morgan fingerprint density at radius 3 is 2.72 bits per heavy atom. The van der Waals surface area contributed by atoms with Crippen LogP contribution in [0.4, 0.5) is 4.39 Å². The molecule has 0 saturated carbocycles. The van der Waals surface area contributed by atoms with Gasteiger partial charge in [-0.2, -0.15) is 5.10 Å². The van der Waals surface area contributed by atoms with Crippen LogP contribution in [0, 0.1) is 0 Å². The zero-order valence-corrected chi connectivity index (χ0v) is 11.3. The van der Waals surface area contributed by atoms with Gasteiger partial charge in [-0.15, -0.1) is 5.10 Å². The van der Waals surface area contributed by atoms with Crippen LogP contribution in [0.5, 0.6) is 5.88 Å². The largest absolute Gasteiger partial charge is 0.470 e. The molecule has 2 heterocycles. The summed E-state index contributed by atoms with van der Waals surface area (Å²) in [6.45, 7) is 7.80. The van der Waals surface area contributed by atoms with Gasteiger partial charge in [0.05, 0.1) is 0 Å². The molecule has 1 aliphatic heterocycles. The maximum Gasteiger partial charge on any atom is 0.233 e. The molecule has 0 amide bonds. The molecule has 4 nitrogen and oxygen atoms in total. The number of piperidine rings is 1. The average Bonchev–Trinajstić information content (AvgIpc) is 2.25.